The molecular formula is C24H25N3O5. The molecule has 0 spiro atoms. The number of nitrogens with zero attached hydrogens (tertiary/aromatic N) is 1. The van der Waals surface area contributed by atoms with E-state index in [1.54, 1.807) is 36.4 Å². The van der Waals surface area contributed by atoms with Crippen LogP contribution in [0, 0.1) is 0 Å². The third-order valence-electron chi connectivity index (χ3n) is 5.35. The fourth-order valence-electron chi connectivity index (χ4n) is 3.47. The zero-order chi connectivity index (χ0) is 22.5. The topological polar surface area (TPSA) is 105 Å². The van der Waals surface area contributed by atoms with Gasteiger partial charge in [0.1, 0.15) is 5.75 Å². The first kappa shape index (κ1) is 21.5. The van der Waals surface area contributed by atoms with Crippen molar-refractivity contribution in [3.05, 3.63) is 59.7 Å². The van der Waals surface area contributed by atoms with Crippen LogP contribution in [0.3, 0.4) is 0 Å². The maximum atomic E-state index is 12.5. The van der Waals surface area contributed by atoms with Gasteiger partial charge in [-0.1, -0.05) is 18.2 Å². The zero-order valence-corrected chi connectivity index (χ0v) is 17.6. The van der Waals surface area contributed by atoms with Crippen molar-refractivity contribution in [2.45, 2.75) is 38.1 Å². The molecule has 4 amide bonds. The molecule has 0 aromatic heterocycles. The number of benzene rings is 2. The third kappa shape index (κ3) is 5.51. The standard InChI is InChI=1S/C24H25N3O5/c28-21(26-18-6-7-18)15-32-20-8-4-16(5-9-20)12-13-25-24(31)17-2-1-3-19(14-17)27-22(29)10-11-23(27)30/h1-5,8-9,14,18H,6-7,10-13,15H2,(H,25,31)(H,26,28). The van der Waals surface area contributed by atoms with Crippen molar-refractivity contribution in [3.63, 3.8) is 0 Å². The molecule has 2 aromatic rings. The minimum atomic E-state index is -0.271. The largest absolute Gasteiger partial charge is 0.484 e. The molecule has 0 atom stereocenters. The van der Waals surface area contributed by atoms with Gasteiger partial charge in [-0.25, -0.2) is 0 Å². The number of hydrogen-bond acceptors (Lipinski definition) is 5. The van der Waals surface area contributed by atoms with E-state index in [1.807, 2.05) is 12.1 Å². The number of rotatable bonds is 9. The van der Waals surface area contributed by atoms with Crippen LogP contribution in [0.4, 0.5) is 5.69 Å². The van der Waals surface area contributed by atoms with Gasteiger partial charge in [-0.05, 0) is 55.2 Å². The van der Waals surface area contributed by atoms with Crippen molar-refractivity contribution in [2.75, 3.05) is 18.1 Å². The molecule has 2 aromatic carbocycles. The maximum absolute atomic E-state index is 12.5. The van der Waals surface area contributed by atoms with Crippen LogP contribution in [0.15, 0.2) is 48.5 Å². The summed E-state index contributed by atoms with van der Waals surface area (Å²) in [5, 5.41) is 5.73. The van der Waals surface area contributed by atoms with E-state index >= 15 is 0 Å². The third-order valence-corrected chi connectivity index (χ3v) is 5.35. The smallest absolute Gasteiger partial charge is 0.258 e. The number of hydrogen-bond donors (Lipinski definition) is 2. The minimum Gasteiger partial charge on any atom is -0.484 e. The fourth-order valence-corrected chi connectivity index (χ4v) is 3.47. The van der Waals surface area contributed by atoms with Crippen LogP contribution in [0.5, 0.6) is 5.75 Å². The summed E-state index contributed by atoms with van der Waals surface area (Å²) in [5.41, 5.74) is 1.83. The van der Waals surface area contributed by atoms with Gasteiger partial charge in [0.2, 0.25) is 11.8 Å². The van der Waals surface area contributed by atoms with Gasteiger partial charge in [0, 0.05) is 31.0 Å². The number of nitrogens with one attached hydrogen (secondary N) is 2. The fraction of sp³-hybridized carbons (Fsp3) is 0.333. The van der Waals surface area contributed by atoms with Crippen LogP contribution in [-0.2, 0) is 20.8 Å². The van der Waals surface area contributed by atoms with Crippen molar-refractivity contribution >= 4 is 29.3 Å². The summed E-state index contributed by atoms with van der Waals surface area (Å²) in [5.74, 6) is -0.256. The minimum absolute atomic E-state index is 0.000406. The molecule has 2 aliphatic rings. The SMILES string of the molecule is O=C(COc1ccc(CCNC(=O)c2cccc(N3C(=O)CCC3=O)c2)cc1)NC1CC1. The number of ether oxygens (including phenoxy) is 1. The summed E-state index contributed by atoms with van der Waals surface area (Å²) < 4.78 is 5.49. The van der Waals surface area contributed by atoms with Crippen LogP contribution < -0.4 is 20.3 Å². The normalized spacial score (nSPS) is 15.6. The Morgan fingerprint density at radius 1 is 1.00 bits per heavy atom. The molecule has 2 N–H and O–H groups in total. The van der Waals surface area contributed by atoms with Gasteiger partial charge in [0.25, 0.3) is 11.8 Å². The lowest BCUT2D eigenvalue weighted by atomic mass is 10.1. The maximum Gasteiger partial charge on any atom is 0.258 e. The number of imide groups is 1. The van der Waals surface area contributed by atoms with Crippen molar-refractivity contribution in [2.24, 2.45) is 0 Å². The van der Waals surface area contributed by atoms with E-state index in [4.69, 9.17) is 4.74 Å². The van der Waals surface area contributed by atoms with E-state index in [9.17, 15) is 19.2 Å². The molecule has 1 heterocycles. The van der Waals surface area contributed by atoms with Crippen LogP contribution in [-0.4, -0.2) is 42.8 Å². The first-order valence-electron chi connectivity index (χ1n) is 10.7. The van der Waals surface area contributed by atoms with Crippen LogP contribution >= 0.6 is 0 Å². The van der Waals surface area contributed by atoms with Crippen molar-refractivity contribution in [1.82, 2.24) is 10.6 Å². The van der Waals surface area contributed by atoms with E-state index in [0.29, 0.717) is 36.0 Å². The lowest BCUT2D eigenvalue weighted by molar-refractivity contribution is -0.123. The van der Waals surface area contributed by atoms with Gasteiger partial charge in [-0.2, -0.15) is 0 Å². The lowest BCUT2D eigenvalue weighted by Gasteiger charge is -2.15. The highest BCUT2D eigenvalue weighted by Crippen LogP contribution is 2.23. The Balaban J connectivity index is 1.24. The predicted octanol–water partition coefficient (Wildman–Crippen LogP) is 1.97. The lowest BCUT2D eigenvalue weighted by Crippen LogP contribution is -2.30. The summed E-state index contributed by atoms with van der Waals surface area (Å²) in [6.07, 6.45) is 3.11. The highest BCUT2D eigenvalue weighted by atomic mass is 16.5. The van der Waals surface area contributed by atoms with E-state index in [0.717, 1.165) is 23.3 Å². The molecular weight excluding hydrogens is 410 g/mol. The second kappa shape index (κ2) is 9.64. The summed E-state index contributed by atoms with van der Waals surface area (Å²) in [4.78, 5) is 49.1. The van der Waals surface area contributed by atoms with Gasteiger partial charge in [-0.15, -0.1) is 0 Å². The molecule has 0 radical (unpaired) electrons. The van der Waals surface area contributed by atoms with Crippen molar-refractivity contribution in [1.29, 1.82) is 0 Å². The molecule has 1 saturated carbocycles. The molecule has 1 saturated heterocycles. The molecule has 32 heavy (non-hydrogen) atoms. The Kier molecular flexibility index (Phi) is 6.49. The van der Waals surface area contributed by atoms with Gasteiger partial charge in [-0.3, -0.25) is 24.1 Å². The molecule has 1 aliphatic carbocycles. The number of carbonyl (C=O) groups is 4. The zero-order valence-electron chi connectivity index (χ0n) is 17.6. The van der Waals surface area contributed by atoms with Crippen molar-refractivity contribution in [3.8, 4) is 5.75 Å². The molecule has 8 nitrogen and oxygen atoms in total. The molecule has 0 unspecified atom stereocenters. The molecule has 8 heteroatoms. The van der Waals surface area contributed by atoms with Crippen LogP contribution in [0.2, 0.25) is 0 Å². The molecule has 166 valence electrons. The van der Waals surface area contributed by atoms with Gasteiger partial charge in [0.05, 0.1) is 5.69 Å². The van der Waals surface area contributed by atoms with E-state index in [1.165, 1.54) is 0 Å². The Morgan fingerprint density at radius 2 is 1.72 bits per heavy atom. The summed E-state index contributed by atoms with van der Waals surface area (Å²) in [6.45, 7) is 0.425. The molecule has 4 rings (SSSR count). The average Bonchev–Trinajstić information content (AvgIpc) is 3.55. The summed E-state index contributed by atoms with van der Waals surface area (Å²) >= 11 is 0. The number of amides is 4. The second-order valence-corrected chi connectivity index (χ2v) is 7.95. The average molecular weight is 435 g/mol. The highest BCUT2D eigenvalue weighted by molar-refractivity contribution is 6.20. The van der Waals surface area contributed by atoms with Crippen molar-refractivity contribution < 1.29 is 23.9 Å². The quantitative estimate of drug-likeness (QED) is 0.586. The molecule has 1 aliphatic heterocycles. The first-order chi connectivity index (χ1) is 15.5. The predicted molar refractivity (Wildman–Crippen MR) is 117 cm³/mol. The Bertz CT molecular complexity index is 1010. The van der Waals surface area contributed by atoms with E-state index < -0.39 is 0 Å². The molecule has 2 fully saturated rings. The molecule has 0 bridgehead atoms. The van der Waals surface area contributed by atoms with Gasteiger partial charge in [0.15, 0.2) is 6.61 Å². The summed E-state index contributed by atoms with van der Waals surface area (Å²) in [6, 6.07) is 14.2. The van der Waals surface area contributed by atoms with E-state index in [-0.39, 0.29) is 43.1 Å². The second-order valence-electron chi connectivity index (χ2n) is 7.95. The first-order valence-corrected chi connectivity index (χ1v) is 10.7. The Hall–Kier alpha value is -3.68. The van der Waals surface area contributed by atoms with Gasteiger partial charge >= 0.3 is 0 Å². The van der Waals surface area contributed by atoms with E-state index in [2.05, 4.69) is 10.6 Å². The number of anilines is 1. The Morgan fingerprint density at radius 3 is 2.41 bits per heavy atom. The highest BCUT2D eigenvalue weighted by Gasteiger charge is 2.30. The van der Waals surface area contributed by atoms with Crippen LogP contribution in [0.1, 0.15) is 41.6 Å². The monoisotopic (exact) mass is 435 g/mol. The number of carbonyl (C=O) groups excluding carboxylic acids is 4. The summed E-state index contributed by atoms with van der Waals surface area (Å²) in [7, 11) is 0. The Labute approximate surface area is 185 Å². The van der Waals surface area contributed by atoms with Gasteiger partial charge < -0.3 is 15.4 Å². The van der Waals surface area contributed by atoms with Crippen LogP contribution in [0.25, 0.3) is 0 Å².